The minimum atomic E-state index is -0.478. The highest BCUT2D eigenvalue weighted by Gasteiger charge is 2.29. The Morgan fingerprint density at radius 3 is 2.79 bits per heavy atom. The Morgan fingerprint density at radius 2 is 2.05 bits per heavy atom. The molecule has 0 aromatic heterocycles. The van der Waals surface area contributed by atoms with Crippen LogP contribution in [0.15, 0.2) is 34.8 Å². The van der Waals surface area contributed by atoms with Crippen molar-refractivity contribution in [3.8, 4) is 17.2 Å². The van der Waals surface area contributed by atoms with Gasteiger partial charge < -0.3 is 9.47 Å². The third-order valence-electron chi connectivity index (χ3n) is 3.01. The number of rotatable bonds is 1. The Labute approximate surface area is 123 Å². The van der Waals surface area contributed by atoms with E-state index in [0.717, 1.165) is 10.0 Å². The van der Waals surface area contributed by atoms with Crippen molar-refractivity contribution in [2.75, 3.05) is 7.11 Å². The largest absolute Gasteiger partial charge is 0.497 e. The Hall–Kier alpha value is -1.26. The van der Waals surface area contributed by atoms with Crippen molar-refractivity contribution >= 4 is 27.5 Å². The summed E-state index contributed by atoms with van der Waals surface area (Å²) in [5.74, 6) is 0.674. The molecule has 0 bridgehead atoms. The molecule has 98 valence electrons. The molecule has 0 N–H and O–H groups in total. The molecule has 1 aliphatic heterocycles. The van der Waals surface area contributed by atoms with E-state index in [2.05, 4.69) is 15.9 Å². The van der Waals surface area contributed by atoms with Crippen LogP contribution < -0.4 is 9.47 Å². The van der Waals surface area contributed by atoms with E-state index < -0.39 is 11.2 Å². The van der Waals surface area contributed by atoms with E-state index in [0.29, 0.717) is 17.1 Å². The predicted octanol–water partition coefficient (Wildman–Crippen LogP) is 5.03. The first-order chi connectivity index (χ1) is 9.10. The van der Waals surface area contributed by atoms with Gasteiger partial charge in [-0.25, -0.2) is 4.39 Å². The molecule has 1 unspecified atom stereocenters. The summed E-state index contributed by atoms with van der Waals surface area (Å²) in [4.78, 5) is 0. The molecule has 0 fully saturated rings. The first kappa shape index (κ1) is 12.8. The van der Waals surface area contributed by atoms with Gasteiger partial charge in [0, 0.05) is 21.7 Å². The zero-order valence-electron chi connectivity index (χ0n) is 9.91. The smallest absolute Gasteiger partial charge is 0.169 e. The van der Waals surface area contributed by atoms with Crippen molar-refractivity contribution in [1.29, 1.82) is 0 Å². The Balaban J connectivity index is 2.18. The lowest BCUT2D eigenvalue weighted by atomic mass is 9.99. The van der Waals surface area contributed by atoms with Gasteiger partial charge in [0.05, 0.1) is 12.5 Å². The summed E-state index contributed by atoms with van der Waals surface area (Å²) in [7, 11) is 1.48. The molecule has 2 aromatic carbocycles. The van der Waals surface area contributed by atoms with Crippen molar-refractivity contribution in [3.63, 3.8) is 0 Å². The van der Waals surface area contributed by atoms with E-state index in [1.165, 1.54) is 13.2 Å². The molecule has 1 atom stereocenters. The first-order valence-corrected chi connectivity index (χ1v) is 6.82. The third-order valence-corrected chi connectivity index (χ3v) is 3.97. The van der Waals surface area contributed by atoms with E-state index in [1.807, 2.05) is 12.1 Å². The molecule has 19 heavy (non-hydrogen) atoms. The lowest BCUT2D eigenvalue weighted by Gasteiger charge is -2.25. The van der Waals surface area contributed by atoms with Crippen LogP contribution in [-0.4, -0.2) is 7.11 Å². The van der Waals surface area contributed by atoms with Crippen molar-refractivity contribution in [2.45, 2.75) is 5.38 Å². The molecule has 0 radical (unpaired) electrons. The van der Waals surface area contributed by atoms with Crippen LogP contribution in [0.1, 0.15) is 16.5 Å². The second-order valence-electron chi connectivity index (χ2n) is 4.17. The molecule has 0 amide bonds. The van der Waals surface area contributed by atoms with Crippen molar-refractivity contribution in [1.82, 2.24) is 0 Å². The van der Waals surface area contributed by atoms with Crippen LogP contribution in [0, 0.1) is 5.82 Å². The minimum absolute atomic E-state index is 0.163. The zero-order chi connectivity index (χ0) is 13.6. The van der Waals surface area contributed by atoms with Gasteiger partial charge in [-0.05, 0) is 24.3 Å². The average molecular weight is 344 g/mol. The summed E-state index contributed by atoms with van der Waals surface area (Å²) in [6.45, 7) is 0. The van der Waals surface area contributed by atoms with E-state index in [1.54, 1.807) is 12.1 Å². The maximum atomic E-state index is 14.0. The number of ether oxygens (including phenoxy) is 2. The van der Waals surface area contributed by atoms with Gasteiger partial charge in [-0.2, -0.15) is 0 Å². The van der Waals surface area contributed by atoms with Crippen molar-refractivity contribution in [3.05, 3.63) is 51.7 Å². The Kier molecular flexibility index (Phi) is 3.15. The number of methoxy groups -OCH3 is 1. The molecule has 2 nitrogen and oxygen atoms in total. The molecular weight excluding hydrogens is 335 g/mol. The van der Waals surface area contributed by atoms with Gasteiger partial charge in [0.2, 0.25) is 0 Å². The van der Waals surface area contributed by atoms with Gasteiger partial charge in [0.1, 0.15) is 11.5 Å². The lowest BCUT2D eigenvalue weighted by Crippen LogP contribution is -2.08. The van der Waals surface area contributed by atoms with Crippen molar-refractivity contribution < 1.29 is 13.9 Å². The highest BCUT2D eigenvalue weighted by atomic mass is 79.9. The van der Waals surface area contributed by atoms with Crippen LogP contribution in [0.4, 0.5) is 4.39 Å². The van der Waals surface area contributed by atoms with Crippen LogP contribution in [0.2, 0.25) is 0 Å². The molecule has 1 heterocycles. The molecule has 0 aliphatic carbocycles. The van der Waals surface area contributed by atoms with Crippen LogP contribution in [-0.2, 0) is 0 Å². The molecule has 1 aliphatic rings. The summed E-state index contributed by atoms with van der Waals surface area (Å²) in [5.41, 5.74) is 1.38. The number of benzene rings is 2. The molecular formula is C14H9BrClFO2. The number of alkyl halides is 1. The minimum Gasteiger partial charge on any atom is -0.497 e. The fraction of sp³-hybridized carbons (Fsp3) is 0.143. The number of fused-ring (bicyclic) bond motifs is 2. The molecule has 3 rings (SSSR count). The summed E-state index contributed by atoms with van der Waals surface area (Å²) in [6, 6.07) is 8.44. The van der Waals surface area contributed by atoms with Gasteiger partial charge in [0.25, 0.3) is 0 Å². The van der Waals surface area contributed by atoms with E-state index >= 15 is 0 Å². The summed E-state index contributed by atoms with van der Waals surface area (Å²) in [6.07, 6.45) is 0. The molecule has 0 saturated heterocycles. The van der Waals surface area contributed by atoms with E-state index in [4.69, 9.17) is 21.1 Å². The average Bonchev–Trinajstić information content (AvgIpc) is 2.40. The van der Waals surface area contributed by atoms with Crippen LogP contribution in [0.5, 0.6) is 17.2 Å². The molecule has 5 heteroatoms. The molecule has 0 spiro atoms. The number of hydrogen-bond acceptors (Lipinski definition) is 2. The Morgan fingerprint density at radius 1 is 1.26 bits per heavy atom. The summed E-state index contributed by atoms with van der Waals surface area (Å²) < 4.78 is 25.5. The second kappa shape index (κ2) is 4.69. The maximum Gasteiger partial charge on any atom is 0.169 e. The van der Waals surface area contributed by atoms with Gasteiger partial charge >= 0.3 is 0 Å². The standard InChI is InChI=1S/C14H9BrClFO2/c1-18-8-5-10-13(16)9-4-7(15)2-3-12(9)19-14(10)11(17)6-8/h2-6,13H,1H3. The maximum absolute atomic E-state index is 14.0. The van der Waals surface area contributed by atoms with Gasteiger partial charge in [0.15, 0.2) is 11.6 Å². The third kappa shape index (κ3) is 2.09. The van der Waals surface area contributed by atoms with E-state index in [9.17, 15) is 4.39 Å². The van der Waals surface area contributed by atoms with Crippen LogP contribution >= 0.6 is 27.5 Å². The highest BCUT2D eigenvalue weighted by Crippen LogP contribution is 2.48. The monoisotopic (exact) mass is 342 g/mol. The SMILES string of the molecule is COc1cc(F)c2c(c1)C(Cl)c1cc(Br)ccc1O2. The number of halogens is 3. The van der Waals surface area contributed by atoms with Gasteiger partial charge in [-0.1, -0.05) is 15.9 Å². The second-order valence-corrected chi connectivity index (χ2v) is 5.53. The van der Waals surface area contributed by atoms with Crippen LogP contribution in [0.3, 0.4) is 0 Å². The zero-order valence-corrected chi connectivity index (χ0v) is 12.3. The molecule has 0 saturated carbocycles. The molecule has 2 aromatic rings. The predicted molar refractivity (Wildman–Crippen MR) is 74.9 cm³/mol. The van der Waals surface area contributed by atoms with Crippen LogP contribution in [0.25, 0.3) is 0 Å². The normalized spacial score (nSPS) is 16.3. The lowest BCUT2D eigenvalue weighted by molar-refractivity contribution is 0.394. The Bertz CT molecular complexity index is 660. The fourth-order valence-corrected chi connectivity index (χ4v) is 2.80. The fourth-order valence-electron chi connectivity index (χ4n) is 2.09. The van der Waals surface area contributed by atoms with E-state index in [-0.39, 0.29) is 5.75 Å². The topological polar surface area (TPSA) is 18.5 Å². The highest BCUT2D eigenvalue weighted by molar-refractivity contribution is 9.10. The van der Waals surface area contributed by atoms with Gasteiger partial charge in [-0.15, -0.1) is 11.6 Å². The summed E-state index contributed by atoms with van der Waals surface area (Å²) >= 11 is 9.82. The number of hydrogen-bond donors (Lipinski definition) is 0. The summed E-state index contributed by atoms with van der Waals surface area (Å²) in [5, 5.41) is -0.471. The van der Waals surface area contributed by atoms with Gasteiger partial charge in [-0.3, -0.25) is 0 Å². The van der Waals surface area contributed by atoms with Crippen molar-refractivity contribution in [2.24, 2.45) is 0 Å². The first-order valence-electron chi connectivity index (χ1n) is 5.59. The quantitative estimate of drug-likeness (QED) is 0.676.